The van der Waals surface area contributed by atoms with E-state index in [4.69, 9.17) is 4.74 Å². The highest BCUT2D eigenvalue weighted by Crippen LogP contribution is 2.20. The van der Waals surface area contributed by atoms with Crippen LogP contribution in [0.3, 0.4) is 0 Å². The Hall–Kier alpha value is -3.06. The molecule has 0 saturated carbocycles. The van der Waals surface area contributed by atoms with Gasteiger partial charge in [0.25, 0.3) is 5.56 Å². The van der Waals surface area contributed by atoms with Crippen molar-refractivity contribution in [3.63, 3.8) is 0 Å². The van der Waals surface area contributed by atoms with Crippen LogP contribution in [0, 0.1) is 0 Å². The maximum absolute atomic E-state index is 12.5. The van der Waals surface area contributed by atoms with Crippen LogP contribution in [0.25, 0.3) is 22.4 Å². The lowest BCUT2D eigenvalue weighted by Gasteiger charge is -2.04. The number of benzene rings is 1. The van der Waals surface area contributed by atoms with Crippen molar-refractivity contribution in [2.45, 2.75) is 13.3 Å². The van der Waals surface area contributed by atoms with Crippen molar-refractivity contribution in [3.8, 4) is 17.1 Å². The van der Waals surface area contributed by atoms with Crippen molar-refractivity contribution < 1.29 is 4.74 Å². The van der Waals surface area contributed by atoms with Gasteiger partial charge in [-0.2, -0.15) is 9.50 Å². The molecule has 1 aromatic carbocycles. The minimum absolute atomic E-state index is 0.171. The summed E-state index contributed by atoms with van der Waals surface area (Å²) in [5.41, 5.74) is 1.55. The summed E-state index contributed by atoms with van der Waals surface area (Å²) in [6, 6.07) is 11.3. The van der Waals surface area contributed by atoms with Gasteiger partial charge >= 0.3 is 0 Å². The number of hydrogen-bond acceptors (Lipinski definition) is 6. The molecule has 0 unspecified atom stereocenters. The number of fused-ring (bicyclic) bond motifs is 1. The van der Waals surface area contributed by atoms with Crippen LogP contribution >= 0.6 is 11.3 Å². The van der Waals surface area contributed by atoms with E-state index in [0.29, 0.717) is 21.9 Å². The number of hydrogen-bond donors (Lipinski definition) is 0. The van der Waals surface area contributed by atoms with Crippen molar-refractivity contribution in [1.82, 2.24) is 19.6 Å². The molecule has 130 valence electrons. The summed E-state index contributed by atoms with van der Waals surface area (Å²) < 4.78 is 7.52. The summed E-state index contributed by atoms with van der Waals surface area (Å²) in [5, 5.41) is 4.36. The van der Waals surface area contributed by atoms with Gasteiger partial charge in [0.15, 0.2) is 5.82 Å². The third-order valence-electron chi connectivity index (χ3n) is 3.75. The Morgan fingerprint density at radius 1 is 1.23 bits per heavy atom. The fraction of sp³-hybridized carbons (Fsp3) is 0.158. The smallest absolute Gasteiger partial charge is 0.291 e. The van der Waals surface area contributed by atoms with Crippen molar-refractivity contribution in [1.29, 1.82) is 0 Å². The van der Waals surface area contributed by atoms with Crippen LogP contribution in [0.15, 0.2) is 53.6 Å². The monoisotopic (exact) mass is 364 g/mol. The van der Waals surface area contributed by atoms with Gasteiger partial charge in [0.05, 0.1) is 11.1 Å². The van der Waals surface area contributed by atoms with E-state index in [9.17, 15) is 4.79 Å². The van der Waals surface area contributed by atoms with Gasteiger partial charge < -0.3 is 4.74 Å². The van der Waals surface area contributed by atoms with E-state index in [1.807, 2.05) is 36.4 Å². The zero-order valence-corrected chi connectivity index (χ0v) is 14.9. The lowest BCUT2D eigenvalue weighted by Crippen LogP contribution is -2.23. The van der Waals surface area contributed by atoms with Gasteiger partial charge in [0, 0.05) is 18.0 Å². The first kappa shape index (κ1) is 16.4. The van der Waals surface area contributed by atoms with Gasteiger partial charge in [-0.15, -0.1) is 5.10 Å². The predicted octanol–water partition coefficient (Wildman–Crippen LogP) is 2.55. The number of rotatable bonds is 5. The second-order valence-electron chi connectivity index (χ2n) is 5.70. The third kappa shape index (κ3) is 3.21. The average Bonchev–Trinajstić information content (AvgIpc) is 3.21. The van der Waals surface area contributed by atoms with Crippen molar-refractivity contribution in [3.05, 3.63) is 69.2 Å². The van der Waals surface area contributed by atoms with Crippen LogP contribution < -0.4 is 14.8 Å². The summed E-state index contributed by atoms with van der Waals surface area (Å²) in [7, 11) is 0. The molecule has 0 aliphatic rings. The lowest BCUT2D eigenvalue weighted by atomic mass is 10.2. The minimum Gasteiger partial charge on any atom is -0.494 e. The Morgan fingerprint density at radius 3 is 2.77 bits per heavy atom. The van der Waals surface area contributed by atoms with Crippen LogP contribution in [0.1, 0.15) is 18.9 Å². The summed E-state index contributed by atoms with van der Waals surface area (Å²) in [6.07, 6.45) is 6.17. The molecular weight excluding hydrogens is 348 g/mol. The zero-order valence-electron chi connectivity index (χ0n) is 14.1. The topological polar surface area (TPSA) is 69.4 Å². The Morgan fingerprint density at radius 2 is 2.08 bits per heavy atom. The number of ether oxygens (including phenoxy) is 1. The maximum Gasteiger partial charge on any atom is 0.291 e. The summed E-state index contributed by atoms with van der Waals surface area (Å²) in [6.45, 7) is 2.75. The van der Waals surface area contributed by atoms with E-state index in [1.54, 1.807) is 18.5 Å². The van der Waals surface area contributed by atoms with Gasteiger partial charge in [-0.3, -0.25) is 9.78 Å². The maximum atomic E-state index is 12.5. The molecule has 0 N–H and O–H groups in total. The second-order valence-corrected chi connectivity index (χ2v) is 6.71. The van der Waals surface area contributed by atoms with Crippen LogP contribution in [-0.4, -0.2) is 26.2 Å². The third-order valence-corrected chi connectivity index (χ3v) is 4.71. The highest BCUT2D eigenvalue weighted by Gasteiger charge is 2.12. The van der Waals surface area contributed by atoms with Crippen LogP contribution in [-0.2, 0) is 0 Å². The van der Waals surface area contributed by atoms with Crippen LogP contribution in [0.5, 0.6) is 5.75 Å². The molecule has 0 fully saturated rings. The van der Waals surface area contributed by atoms with Crippen LogP contribution in [0.4, 0.5) is 0 Å². The predicted molar refractivity (Wildman–Crippen MR) is 101 cm³/mol. The van der Waals surface area contributed by atoms with Crippen molar-refractivity contribution >= 4 is 22.4 Å². The van der Waals surface area contributed by atoms with Crippen molar-refractivity contribution in [2.24, 2.45) is 0 Å². The molecule has 0 aliphatic heterocycles. The van der Waals surface area contributed by atoms with E-state index in [1.165, 1.54) is 15.9 Å². The number of thiazole rings is 1. The number of nitrogens with zero attached hydrogens (tertiary/aromatic N) is 4. The molecule has 3 aromatic heterocycles. The quantitative estimate of drug-likeness (QED) is 0.544. The number of pyridine rings is 1. The summed E-state index contributed by atoms with van der Waals surface area (Å²) in [5.74, 6) is 1.35. The molecule has 6 nitrogen and oxygen atoms in total. The lowest BCUT2D eigenvalue weighted by molar-refractivity contribution is 0.317. The minimum atomic E-state index is -0.171. The molecule has 3 heterocycles. The summed E-state index contributed by atoms with van der Waals surface area (Å²) in [4.78, 5) is 21.7. The van der Waals surface area contributed by atoms with Gasteiger partial charge in [-0.25, -0.2) is 0 Å². The van der Waals surface area contributed by atoms with Gasteiger partial charge in [-0.1, -0.05) is 24.3 Å². The molecule has 0 bridgehead atoms. The first-order valence-electron chi connectivity index (χ1n) is 8.29. The second kappa shape index (κ2) is 7.05. The molecule has 4 aromatic rings. The molecule has 4 rings (SSSR count). The fourth-order valence-corrected chi connectivity index (χ4v) is 3.40. The molecule has 0 saturated heterocycles. The van der Waals surface area contributed by atoms with Crippen molar-refractivity contribution in [2.75, 3.05) is 6.61 Å². The molecule has 0 aliphatic carbocycles. The van der Waals surface area contributed by atoms with E-state index >= 15 is 0 Å². The largest absolute Gasteiger partial charge is 0.494 e. The van der Waals surface area contributed by atoms with Gasteiger partial charge in [0.1, 0.15) is 5.75 Å². The fourth-order valence-electron chi connectivity index (χ4n) is 2.49. The van der Waals surface area contributed by atoms with E-state index < -0.39 is 0 Å². The molecule has 0 atom stereocenters. The first-order valence-corrected chi connectivity index (χ1v) is 9.11. The highest BCUT2D eigenvalue weighted by atomic mass is 32.1. The molecular formula is C19H16N4O2S. The summed E-state index contributed by atoms with van der Waals surface area (Å²) >= 11 is 1.32. The molecule has 0 radical (unpaired) electrons. The molecule has 0 spiro atoms. The normalized spacial score (nSPS) is 12.0. The highest BCUT2D eigenvalue weighted by molar-refractivity contribution is 7.15. The van der Waals surface area contributed by atoms with E-state index in [-0.39, 0.29) is 5.56 Å². The van der Waals surface area contributed by atoms with E-state index in [2.05, 4.69) is 22.0 Å². The Bertz CT molecular complexity index is 1130. The Balaban J connectivity index is 1.67. The Kier molecular flexibility index (Phi) is 4.45. The molecule has 7 heteroatoms. The Labute approximate surface area is 153 Å². The van der Waals surface area contributed by atoms with Gasteiger partial charge in [-0.05, 0) is 48.4 Å². The number of aromatic nitrogens is 4. The first-order chi connectivity index (χ1) is 12.7. The molecule has 0 amide bonds. The van der Waals surface area contributed by atoms with Gasteiger partial charge in [0.2, 0.25) is 4.96 Å². The van der Waals surface area contributed by atoms with E-state index in [0.717, 1.165) is 23.3 Å². The zero-order chi connectivity index (χ0) is 17.9. The average molecular weight is 364 g/mol. The standard InChI is InChI=1S/C19H16N4O2S/c1-2-10-25-15-7-5-14(6-8-15)17-21-19-23(22-17)18(24)16(26-19)11-13-4-3-9-20-12-13/h3-9,11-12H,2,10H2,1H3/b16-11-. The van der Waals surface area contributed by atoms with Crippen LogP contribution in [0.2, 0.25) is 0 Å². The SMILES string of the molecule is CCCOc1ccc(-c2nc3s/c(=C\c4cccnc4)c(=O)n3n2)cc1. The molecule has 26 heavy (non-hydrogen) atoms.